The van der Waals surface area contributed by atoms with Crippen molar-refractivity contribution >= 4 is 42.8 Å². The van der Waals surface area contributed by atoms with Crippen molar-refractivity contribution in [3.8, 4) is 0 Å². The second-order valence-electron chi connectivity index (χ2n) is 8.89. The molecule has 0 unspecified atom stereocenters. The first-order valence-corrected chi connectivity index (χ1v) is 14.0. The Morgan fingerprint density at radius 3 is 2.30 bits per heavy atom. The van der Waals surface area contributed by atoms with Crippen LogP contribution >= 0.6 is 22.6 Å². The summed E-state index contributed by atoms with van der Waals surface area (Å²) in [6.07, 6.45) is -3.47. The first kappa shape index (κ1) is 25.2. The first-order valence-electron chi connectivity index (χ1n) is 9.88. The lowest BCUT2D eigenvalue weighted by Gasteiger charge is -2.47. The number of alkyl halides is 1. The number of halogens is 1. The summed E-state index contributed by atoms with van der Waals surface area (Å²) in [7, 11) is -2.28. The van der Waals surface area contributed by atoms with Crippen molar-refractivity contribution in [3.05, 3.63) is 35.9 Å². The Balaban J connectivity index is 2.36. The zero-order chi connectivity index (χ0) is 22.7. The third-order valence-corrected chi connectivity index (χ3v) is 11.3. The normalized spacial score (nSPS) is 27.4. The average molecular weight is 550 g/mol. The zero-order valence-corrected chi connectivity index (χ0v) is 21.4. The Hall–Kier alpha value is -1.01. The summed E-state index contributed by atoms with van der Waals surface area (Å²) < 4.78 is 22.7. The molecule has 0 aromatic heterocycles. The monoisotopic (exact) mass is 550 g/mol. The van der Waals surface area contributed by atoms with Crippen LogP contribution in [0.1, 0.15) is 38.1 Å². The number of benzene rings is 1. The van der Waals surface area contributed by atoms with Gasteiger partial charge in [0.1, 0.15) is 18.8 Å². The van der Waals surface area contributed by atoms with Crippen LogP contribution in [0.25, 0.3) is 0 Å². The molecule has 1 saturated heterocycles. The van der Waals surface area contributed by atoms with Crippen molar-refractivity contribution < 1.29 is 33.3 Å². The highest BCUT2D eigenvalue weighted by molar-refractivity contribution is 14.1. The molecule has 0 amide bonds. The van der Waals surface area contributed by atoms with Gasteiger partial charge in [0.2, 0.25) is 0 Å². The number of aliphatic hydroxyl groups is 1. The maximum atomic E-state index is 12.8. The number of ether oxygens (including phenoxy) is 3. The van der Waals surface area contributed by atoms with Gasteiger partial charge in [0.05, 0.1) is 9.49 Å². The Bertz CT molecular complexity index is 735. The van der Waals surface area contributed by atoms with Crippen molar-refractivity contribution in [2.45, 2.75) is 74.4 Å². The van der Waals surface area contributed by atoms with E-state index in [-0.39, 0.29) is 11.6 Å². The van der Waals surface area contributed by atoms with Gasteiger partial charge in [-0.25, -0.2) is 4.79 Å². The van der Waals surface area contributed by atoms with E-state index in [0.29, 0.717) is 5.56 Å². The minimum absolute atomic E-state index is 0.0913. The van der Waals surface area contributed by atoms with E-state index >= 15 is 0 Å². The number of hydrogen-bond acceptors (Lipinski definition) is 7. The Morgan fingerprint density at radius 2 is 1.77 bits per heavy atom. The number of aliphatic hydroxyl groups excluding tert-OH is 1. The largest absolute Gasteiger partial charge is 0.463 e. The molecule has 30 heavy (non-hydrogen) atoms. The van der Waals surface area contributed by atoms with Gasteiger partial charge in [0.25, 0.3) is 0 Å². The van der Waals surface area contributed by atoms with E-state index in [1.54, 1.807) is 24.3 Å². The number of esters is 2. The quantitative estimate of drug-likeness (QED) is 0.250. The van der Waals surface area contributed by atoms with Crippen molar-refractivity contribution in [1.29, 1.82) is 0 Å². The van der Waals surface area contributed by atoms with Gasteiger partial charge in [-0.15, -0.1) is 0 Å². The summed E-state index contributed by atoms with van der Waals surface area (Å²) in [5.74, 6) is -1.01. The second kappa shape index (κ2) is 10.1. The van der Waals surface area contributed by atoms with Gasteiger partial charge < -0.3 is 23.7 Å². The molecule has 0 saturated carbocycles. The summed E-state index contributed by atoms with van der Waals surface area (Å²) >= 11 is 2.06. The molecular formula is C21H31IO7Si. The van der Waals surface area contributed by atoms with E-state index in [1.165, 1.54) is 6.92 Å². The molecule has 9 heteroatoms. The molecule has 1 aromatic rings. The molecule has 1 N–H and O–H groups in total. The predicted molar refractivity (Wildman–Crippen MR) is 123 cm³/mol. The van der Waals surface area contributed by atoms with Crippen LogP contribution in [0.2, 0.25) is 18.1 Å². The van der Waals surface area contributed by atoms with Crippen LogP contribution in [0.4, 0.5) is 0 Å². The molecule has 0 radical (unpaired) electrons. The summed E-state index contributed by atoms with van der Waals surface area (Å²) in [6.45, 7) is 11.6. The lowest BCUT2D eigenvalue weighted by molar-refractivity contribution is -0.232. The molecule has 1 aromatic carbocycles. The summed E-state index contributed by atoms with van der Waals surface area (Å²) in [6, 6.07) is 8.63. The SMILES string of the molecule is CC(=O)OC[C@H]1O[C@H](O)[C@H](I)[C@@H](O[Si](C)(C)C(C)(C)C)[C@@H]1OC(=O)c1ccccc1. The van der Waals surface area contributed by atoms with Gasteiger partial charge in [-0.05, 0) is 30.3 Å². The van der Waals surface area contributed by atoms with Gasteiger partial charge in [-0.1, -0.05) is 61.6 Å². The highest BCUT2D eigenvalue weighted by Crippen LogP contribution is 2.41. The van der Waals surface area contributed by atoms with E-state index in [9.17, 15) is 14.7 Å². The molecule has 0 bridgehead atoms. The highest BCUT2D eigenvalue weighted by Gasteiger charge is 2.51. The summed E-state index contributed by atoms with van der Waals surface area (Å²) in [5, 5.41) is 10.4. The Kier molecular flexibility index (Phi) is 8.48. The Morgan fingerprint density at radius 1 is 1.17 bits per heavy atom. The fourth-order valence-electron chi connectivity index (χ4n) is 2.78. The van der Waals surface area contributed by atoms with Crippen LogP contribution in [0.3, 0.4) is 0 Å². The molecule has 7 nitrogen and oxygen atoms in total. The molecule has 0 aliphatic carbocycles. The van der Waals surface area contributed by atoms with Crippen LogP contribution in [-0.2, 0) is 23.4 Å². The minimum atomic E-state index is -2.28. The van der Waals surface area contributed by atoms with E-state index in [2.05, 4.69) is 56.5 Å². The third-order valence-electron chi connectivity index (χ3n) is 5.53. The average Bonchev–Trinajstić information content (AvgIpc) is 2.65. The second-order valence-corrected chi connectivity index (χ2v) is 15.1. The fraction of sp³-hybridized carbons (Fsp3) is 0.619. The molecule has 1 aliphatic rings. The summed E-state index contributed by atoms with van der Waals surface area (Å²) in [5.41, 5.74) is 0.394. The number of carbonyl (C=O) groups is 2. The smallest absolute Gasteiger partial charge is 0.338 e. The molecule has 1 heterocycles. The lowest BCUT2D eigenvalue weighted by Crippen LogP contribution is -2.62. The number of carbonyl (C=O) groups excluding carboxylic acids is 2. The maximum Gasteiger partial charge on any atom is 0.338 e. The van der Waals surface area contributed by atoms with Crippen molar-refractivity contribution in [3.63, 3.8) is 0 Å². The standard InChI is InChI=1S/C21H31IO7Si/c1-13(23)26-12-15-17(28-19(24)14-10-8-7-9-11-14)18(16(22)20(25)27-15)29-30(5,6)21(2,3)4/h7-11,15-18,20,25H,12H2,1-6H3/t15-,16-,17-,18-,20+/m1/s1. The molecule has 2 rings (SSSR count). The fourth-order valence-corrected chi connectivity index (χ4v) is 5.10. The van der Waals surface area contributed by atoms with Gasteiger partial charge >= 0.3 is 11.9 Å². The van der Waals surface area contributed by atoms with Crippen LogP contribution in [0.15, 0.2) is 30.3 Å². The van der Waals surface area contributed by atoms with Gasteiger partial charge in [-0.2, -0.15) is 0 Å². The lowest BCUT2D eigenvalue weighted by atomic mass is 10.0. The topological polar surface area (TPSA) is 91.3 Å². The first-order chi connectivity index (χ1) is 13.8. The highest BCUT2D eigenvalue weighted by atomic mass is 127. The van der Waals surface area contributed by atoms with Crippen LogP contribution < -0.4 is 0 Å². The van der Waals surface area contributed by atoms with Gasteiger partial charge in [0, 0.05) is 6.92 Å². The van der Waals surface area contributed by atoms with Crippen molar-refractivity contribution in [2.24, 2.45) is 0 Å². The zero-order valence-electron chi connectivity index (χ0n) is 18.3. The minimum Gasteiger partial charge on any atom is -0.463 e. The van der Waals surface area contributed by atoms with Gasteiger partial charge in [0.15, 0.2) is 20.7 Å². The van der Waals surface area contributed by atoms with E-state index < -0.39 is 48.8 Å². The molecular weight excluding hydrogens is 519 g/mol. The Labute approximate surface area is 192 Å². The van der Waals surface area contributed by atoms with Crippen molar-refractivity contribution in [2.75, 3.05) is 6.61 Å². The number of rotatable bonds is 6. The van der Waals surface area contributed by atoms with Crippen LogP contribution in [0, 0.1) is 0 Å². The molecule has 5 atom stereocenters. The van der Waals surface area contributed by atoms with Crippen LogP contribution in [-0.4, -0.2) is 60.5 Å². The van der Waals surface area contributed by atoms with Gasteiger partial charge in [-0.3, -0.25) is 4.79 Å². The van der Waals surface area contributed by atoms with Crippen molar-refractivity contribution in [1.82, 2.24) is 0 Å². The predicted octanol–water partition coefficient (Wildman–Crippen LogP) is 3.69. The molecule has 1 fully saturated rings. The molecule has 168 valence electrons. The van der Waals surface area contributed by atoms with E-state index in [0.717, 1.165) is 0 Å². The van der Waals surface area contributed by atoms with E-state index in [4.69, 9.17) is 18.6 Å². The van der Waals surface area contributed by atoms with Crippen LogP contribution in [0.5, 0.6) is 0 Å². The van der Waals surface area contributed by atoms with E-state index in [1.807, 2.05) is 6.07 Å². The third kappa shape index (κ3) is 6.25. The maximum absolute atomic E-state index is 12.8. The molecule has 1 aliphatic heterocycles. The summed E-state index contributed by atoms with van der Waals surface area (Å²) in [4.78, 5) is 24.1. The number of hydrogen-bond donors (Lipinski definition) is 1. The molecule has 0 spiro atoms.